The number of halogens is 6. The molecule has 1 rings (SSSR count). The van der Waals surface area contributed by atoms with Crippen molar-refractivity contribution in [2.75, 3.05) is 0 Å². The Morgan fingerprint density at radius 3 is 1.40 bits per heavy atom. The van der Waals surface area contributed by atoms with E-state index in [0.717, 1.165) is 13.9 Å². The van der Waals surface area contributed by atoms with E-state index in [-0.39, 0.29) is 0 Å². The first kappa shape index (κ1) is 11.9. The lowest BCUT2D eigenvalue weighted by molar-refractivity contribution is -0.141. The van der Waals surface area contributed by atoms with Crippen molar-refractivity contribution >= 4 is 13.3 Å². The summed E-state index contributed by atoms with van der Waals surface area (Å²) in [5.74, 6) is 0. The van der Waals surface area contributed by atoms with Crippen LogP contribution in [0.5, 0.6) is 0 Å². The maximum atomic E-state index is 12.2. The van der Waals surface area contributed by atoms with Crippen molar-refractivity contribution in [3.8, 4) is 0 Å². The topological polar surface area (TPSA) is 0 Å². The molecule has 0 atom stereocenters. The molecule has 0 bridgehead atoms. The molecule has 0 heterocycles. The maximum absolute atomic E-state index is 12.2. The number of benzene rings is 1. The van der Waals surface area contributed by atoms with E-state index in [9.17, 15) is 26.3 Å². The van der Waals surface area contributed by atoms with Gasteiger partial charge >= 0.3 is 12.4 Å². The van der Waals surface area contributed by atoms with E-state index in [2.05, 4.69) is 0 Å². The molecule has 0 radical (unpaired) electrons. The molecule has 0 spiro atoms. The second-order valence-electron chi connectivity index (χ2n) is 2.97. The lowest BCUT2D eigenvalue weighted by atomic mass is 9.85. The highest BCUT2D eigenvalue weighted by Crippen LogP contribution is 2.32. The number of alkyl halides is 6. The van der Waals surface area contributed by atoms with Gasteiger partial charge in [-0.1, -0.05) is 23.7 Å². The predicted molar refractivity (Wildman–Crippen MR) is 44.6 cm³/mol. The fraction of sp³-hybridized carbons (Fsp3) is 0.250. The van der Waals surface area contributed by atoms with E-state index in [4.69, 9.17) is 0 Å². The van der Waals surface area contributed by atoms with Crippen LogP contribution in [0.1, 0.15) is 11.1 Å². The number of hydrogen-bond acceptors (Lipinski definition) is 0. The second-order valence-corrected chi connectivity index (χ2v) is 2.97. The molecule has 15 heavy (non-hydrogen) atoms. The highest BCUT2D eigenvalue weighted by molar-refractivity contribution is 6.34. The molecular formula is C8H5BF6. The van der Waals surface area contributed by atoms with Crippen LogP contribution in [0, 0.1) is 0 Å². The zero-order valence-corrected chi connectivity index (χ0v) is 7.50. The first-order valence-electron chi connectivity index (χ1n) is 3.88. The van der Waals surface area contributed by atoms with Gasteiger partial charge in [-0.2, -0.15) is 26.3 Å². The molecule has 1 aromatic carbocycles. The SMILES string of the molecule is Bc1c(C(F)(F)F)cccc1C(F)(F)F. The monoisotopic (exact) mass is 226 g/mol. The molecular weight excluding hydrogens is 221 g/mol. The van der Waals surface area contributed by atoms with Crippen LogP contribution in [-0.2, 0) is 12.4 Å². The summed E-state index contributed by atoms with van der Waals surface area (Å²) in [4.78, 5) is 0. The molecule has 0 aliphatic carbocycles. The van der Waals surface area contributed by atoms with Gasteiger partial charge in [-0.3, -0.25) is 0 Å². The maximum Gasteiger partial charge on any atom is 0.415 e. The third kappa shape index (κ3) is 2.46. The largest absolute Gasteiger partial charge is 0.415 e. The van der Waals surface area contributed by atoms with Crippen molar-refractivity contribution in [3.63, 3.8) is 0 Å². The van der Waals surface area contributed by atoms with Crippen molar-refractivity contribution < 1.29 is 26.3 Å². The summed E-state index contributed by atoms with van der Waals surface area (Å²) >= 11 is 0. The Morgan fingerprint density at radius 2 is 1.13 bits per heavy atom. The Balaban J connectivity index is 3.37. The average Bonchev–Trinajstić information content (AvgIpc) is 1.99. The fourth-order valence-electron chi connectivity index (χ4n) is 1.25. The van der Waals surface area contributed by atoms with Gasteiger partial charge in [0.15, 0.2) is 0 Å². The minimum Gasteiger partial charge on any atom is -0.166 e. The van der Waals surface area contributed by atoms with E-state index in [1.54, 1.807) is 0 Å². The predicted octanol–water partition coefficient (Wildman–Crippen LogP) is 1.98. The summed E-state index contributed by atoms with van der Waals surface area (Å²) < 4.78 is 73.5. The first-order chi connectivity index (χ1) is 6.64. The highest BCUT2D eigenvalue weighted by Gasteiger charge is 2.38. The molecule has 1 aromatic rings. The molecule has 0 aliphatic heterocycles. The molecule has 0 unspecified atom stereocenters. The summed E-state index contributed by atoms with van der Waals surface area (Å²) in [6, 6.07) is 2.01. The van der Waals surface area contributed by atoms with Crippen LogP contribution >= 0.6 is 0 Å². The van der Waals surface area contributed by atoms with Crippen LogP contribution in [0.25, 0.3) is 0 Å². The van der Waals surface area contributed by atoms with Gasteiger partial charge in [0.05, 0.1) is 0 Å². The van der Waals surface area contributed by atoms with Gasteiger partial charge in [0.25, 0.3) is 0 Å². The number of hydrogen-bond donors (Lipinski definition) is 0. The molecule has 0 saturated carbocycles. The molecule has 0 saturated heterocycles. The van der Waals surface area contributed by atoms with E-state index < -0.39 is 28.9 Å². The van der Waals surface area contributed by atoms with Gasteiger partial charge in [0.2, 0.25) is 0 Å². The minimum absolute atomic E-state index is 0.630. The average molecular weight is 226 g/mol. The van der Waals surface area contributed by atoms with Crippen LogP contribution in [0.4, 0.5) is 26.3 Å². The molecule has 0 N–H and O–H groups in total. The third-order valence-corrected chi connectivity index (χ3v) is 1.94. The first-order valence-corrected chi connectivity index (χ1v) is 3.88. The van der Waals surface area contributed by atoms with Crippen molar-refractivity contribution in [2.24, 2.45) is 0 Å². The van der Waals surface area contributed by atoms with Crippen molar-refractivity contribution in [1.82, 2.24) is 0 Å². The van der Waals surface area contributed by atoms with Crippen LogP contribution in [0.15, 0.2) is 18.2 Å². The standard InChI is InChI=1S/C8H5BF6/c9-6-4(7(10,11)12)2-1-3-5(6)8(13,14)15/h1-3H,9H2. The summed E-state index contributed by atoms with van der Waals surface area (Å²) in [6.45, 7) is 0. The van der Waals surface area contributed by atoms with Crippen molar-refractivity contribution in [1.29, 1.82) is 0 Å². The van der Waals surface area contributed by atoms with E-state index in [1.165, 1.54) is 0 Å². The fourth-order valence-corrected chi connectivity index (χ4v) is 1.25. The van der Waals surface area contributed by atoms with E-state index in [1.807, 2.05) is 0 Å². The smallest absolute Gasteiger partial charge is 0.166 e. The second kappa shape index (κ2) is 3.46. The van der Waals surface area contributed by atoms with Crippen molar-refractivity contribution in [2.45, 2.75) is 12.4 Å². The summed E-state index contributed by atoms with van der Waals surface area (Å²) in [5, 5.41) is 0. The zero-order chi connectivity index (χ0) is 11.9. The Labute approximate surface area is 82.3 Å². The van der Waals surface area contributed by atoms with E-state index >= 15 is 0 Å². The lowest BCUT2D eigenvalue weighted by Gasteiger charge is -2.15. The summed E-state index contributed by atoms with van der Waals surface area (Å²) in [5.41, 5.74) is -3.30. The molecule has 82 valence electrons. The van der Waals surface area contributed by atoms with Gasteiger partial charge in [-0.15, -0.1) is 0 Å². The molecule has 0 nitrogen and oxygen atoms in total. The summed E-state index contributed by atoms with van der Waals surface area (Å²) in [7, 11) is 0.811. The van der Waals surface area contributed by atoms with Crippen LogP contribution in [0.3, 0.4) is 0 Å². The summed E-state index contributed by atoms with van der Waals surface area (Å²) in [6.07, 6.45) is -9.52. The van der Waals surface area contributed by atoms with Gasteiger partial charge < -0.3 is 0 Å². The Hall–Kier alpha value is -1.14. The quantitative estimate of drug-likeness (QED) is 0.468. The van der Waals surface area contributed by atoms with Crippen LogP contribution in [-0.4, -0.2) is 7.85 Å². The van der Waals surface area contributed by atoms with Crippen LogP contribution in [0.2, 0.25) is 0 Å². The lowest BCUT2D eigenvalue weighted by Crippen LogP contribution is -2.27. The zero-order valence-electron chi connectivity index (χ0n) is 7.50. The Kier molecular flexibility index (Phi) is 2.76. The molecule has 0 fully saturated rings. The Morgan fingerprint density at radius 1 is 0.800 bits per heavy atom. The molecule has 0 aromatic heterocycles. The third-order valence-electron chi connectivity index (χ3n) is 1.94. The number of rotatable bonds is 0. The van der Waals surface area contributed by atoms with E-state index in [0.29, 0.717) is 12.1 Å². The van der Waals surface area contributed by atoms with Gasteiger partial charge in [0.1, 0.15) is 7.85 Å². The molecule has 7 heteroatoms. The Bertz CT molecular complexity index is 332. The molecule has 0 aliphatic rings. The van der Waals surface area contributed by atoms with Gasteiger partial charge in [-0.05, 0) is 0 Å². The molecule has 0 amide bonds. The van der Waals surface area contributed by atoms with Gasteiger partial charge in [-0.25, -0.2) is 0 Å². The highest BCUT2D eigenvalue weighted by atomic mass is 19.4. The normalized spacial score (nSPS) is 12.9. The minimum atomic E-state index is -4.76. The van der Waals surface area contributed by atoms with Crippen molar-refractivity contribution in [3.05, 3.63) is 29.3 Å². The van der Waals surface area contributed by atoms with Gasteiger partial charge in [0, 0.05) is 11.1 Å². The van der Waals surface area contributed by atoms with Crippen LogP contribution < -0.4 is 5.46 Å².